The minimum Gasteiger partial charge on any atom is -0.386 e. The molecule has 1 unspecified atom stereocenters. The van der Waals surface area contributed by atoms with E-state index in [1.165, 1.54) is 7.05 Å². The molecule has 0 saturated heterocycles. The Kier molecular flexibility index (Phi) is 4.83. The van der Waals surface area contributed by atoms with Crippen molar-refractivity contribution in [3.05, 3.63) is 75.2 Å². The molecule has 1 heterocycles. The zero-order chi connectivity index (χ0) is 18.0. The molecule has 0 fully saturated rings. The summed E-state index contributed by atoms with van der Waals surface area (Å²) in [5.41, 5.74) is 0.380. The fourth-order valence-electron chi connectivity index (χ4n) is 2.60. The first-order chi connectivity index (χ1) is 12.0. The lowest BCUT2D eigenvalue weighted by Crippen LogP contribution is -2.30. The number of carbonyl (C=O) groups excluding carboxylic acids is 1. The van der Waals surface area contributed by atoms with Gasteiger partial charge in [-0.1, -0.05) is 41.9 Å². The van der Waals surface area contributed by atoms with Gasteiger partial charge in [0.25, 0.3) is 11.5 Å². The Labute approximate surface area is 148 Å². The van der Waals surface area contributed by atoms with E-state index in [4.69, 9.17) is 11.6 Å². The van der Waals surface area contributed by atoms with Crippen LogP contribution < -0.4 is 10.9 Å². The molecular formula is C18H16ClN3O3. The molecule has 3 aromatic rings. The second-order valence-corrected chi connectivity index (χ2v) is 5.96. The molecule has 7 heteroatoms. The fourth-order valence-corrected chi connectivity index (χ4v) is 2.73. The highest BCUT2D eigenvalue weighted by atomic mass is 35.5. The second kappa shape index (κ2) is 7.04. The summed E-state index contributed by atoms with van der Waals surface area (Å²) in [5.74, 6) is -0.397. The number of carbonyl (C=O) groups is 1. The van der Waals surface area contributed by atoms with Gasteiger partial charge in [-0.25, -0.2) is 4.68 Å². The molecule has 1 atom stereocenters. The van der Waals surface area contributed by atoms with Crippen molar-refractivity contribution in [1.29, 1.82) is 0 Å². The molecule has 2 N–H and O–H groups in total. The summed E-state index contributed by atoms with van der Waals surface area (Å²) in [4.78, 5) is 24.8. The maximum atomic E-state index is 12.6. The molecule has 1 aromatic heterocycles. The Morgan fingerprint density at radius 2 is 1.84 bits per heavy atom. The standard InChI is InChI=1S/C18H16ClN3O3/c1-20-17(24)16-13-4-2-3-5-14(13)18(25)22(21-16)10-15(23)11-6-8-12(19)9-7-11/h2-9,15,23H,10H2,1H3,(H,20,24). The second-order valence-electron chi connectivity index (χ2n) is 5.53. The minimum absolute atomic E-state index is 0.0741. The largest absolute Gasteiger partial charge is 0.386 e. The van der Waals surface area contributed by atoms with Crippen LogP contribution in [-0.2, 0) is 6.54 Å². The SMILES string of the molecule is CNC(=O)c1nn(CC(O)c2ccc(Cl)cc2)c(=O)c2ccccc12. The first kappa shape index (κ1) is 17.1. The van der Waals surface area contributed by atoms with Crippen molar-refractivity contribution < 1.29 is 9.90 Å². The molecule has 0 radical (unpaired) electrons. The van der Waals surface area contributed by atoms with Crippen LogP contribution >= 0.6 is 11.6 Å². The number of aliphatic hydroxyl groups is 1. The number of hydrogen-bond donors (Lipinski definition) is 2. The normalized spacial score (nSPS) is 12.1. The van der Waals surface area contributed by atoms with Crippen LogP contribution in [0.4, 0.5) is 0 Å². The number of benzene rings is 2. The predicted molar refractivity (Wildman–Crippen MR) is 95.8 cm³/mol. The Hall–Kier alpha value is -2.70. The third-order valence-electron chi connectivity index (χ3n) is 3.91. The minimum atomic E-state index is -0.957. The summed E-state index contributed by atoms with van der Waals surface area (Å²) in [6.07, 6.45) is -0.957. The van der Waals surface area contributed by atoms with E-state index in [-0.39, 0.29) is 17.8 Å². The molecule has 0 aliphatic rings. The predicted octanol–water partition coefficient (Wildman–Crippen LogP) is 2.14. The lowest BCUT2D eigenvalue weighted by molar-refractivity contribution is 0.0954. The molecule has 6 nitrogen and oxygen atoms in total. The smallest absolute Gasteiger partial charge is 0.274 e. The number of amides is 1. The highest BCUT2D eigenvalue weighted by molar-refractivity contribution is 6.30. The van der Waals surface area contributed by atoms with E-state index in [1.54, 1.807) is 48.5 Å². The summed E-state index contributed by atoms with van der Waals surface area (Å²) >= 11 is 5.85. The summed E-state index contributed by atoms with van der Waals surface area (Å²) in [6.45, 7) is -0.0741. The molecule has 3 rings (SSSR count). The summed E-state index contributed by atoms with van der Waals surface area (Å²) in [7, 11) is 1.50. The molecule has 25 heavy (non-hydrogen) atoms. The number of hydrogen-bond acceptors (Lipinski definition) is 4. The molecule has 1 amide bonds. The number of rotatable bonds is 4. The molecule has 128 valence electrons. The third kappa shape index (κ3) is 3.40. The number of aromatic nitrogens is 2. The zero-order valence-electron chi connectivity index (χ0n) is 13.4. The summed E-state index contributed by atoms with van der Waals surface area (Å²) in [6, 6.07) is 13.4. The van der Waals surface area contributed by atoms with Crippen LogP contribution in [0.15, 0.2) is 53.3 Å². The molecule has 0 aliphatic carbocycles. The molecule has 0 aliphatic heterocycles. The van der Waals surface area contributed by atoms with Gasteiger partial charge < -0.3 is 10.4 Å². The topological polar surface area (TPSA) is 84.2 Å². The van der Waals surface area contributed by atoms with Crippen molar-refractivity contribution in [1.82, 2.24) is 15.1 Å². The van der Waals surface area contributed by atoms with Gasteiger partial charge in [0.15, 0.2) is 5.69 Å². The summed E-state index contributed by atoms with van der Waals surface area (Å²) < 4.78 is 1.12. The van der Waals surface area contributed by atoms with E-state index >= 15 is 0 Å². The van der Waals surface area contributed by atoms with E-state index < -0.39 is 12.0 Å². The van der Waals surface area contributed by atoms with Gasteiger partial charge in [-0.05, 0) is 23.8 Å². The molecule has 2 aromatic carbocycles. The number of halogens is 1. The molecule has 0 bridgehead atoms. The van der Waals surface area contributed by atoms with E-state index in [1.807, 2.05) is 0 Å². The number of nitrogens with zero attached hydrogens (tertiary/aromatic N) is 2. The Morgan fingerprint density at radius 3 is 2.48 bits per heavy atom. The van der Waals surface area contributed by atoms with Crippen molar-refractivity contribution in [2.24, 2.45) is 0 Å². The Balaban J connectivity index is 2.06. The molecule has 0 saturated carbocycles. The van der Waals surface area contributed by atoms with Crippen LogP contribution in [-0.4, -0.2) is 27.8 Å². The van der Waals surface area contributed by atoms with Crippen LogP contribution in [0.25, 0.3) is 10.8 Å². The average molecular weight is 358 g/mol. The van der Waals surface area contributed by atoms with E-state index in [2.05, 4.69) is 10.4 Å². The Morgan fingerprint density at radius 1 is 1.20 bits per heavy atom. The number of fused-ring (bicyclic) bond motifs is 1. The quantitative estimate of drug-likeness (QED) is 0.749. The lowest BCUT2D eigenvalue weighted by atomic mass is 10.1. The van der Waals surface area contributed by atoms with Gasteiger partial charge in [-0.2, -0.15) is 5.10 Å². The van der Waals surface area contributed by atoms with Gasteiger partial charge >= 0.3 is 0 Å². The van der Waals surface area contributed by atoms with E-state index in [0.29, 0.717) is 21.4 Å². The van der Waals surface area contributed by atoms with Gasteiger partial charge in [0.2, 0.25) is 0 Å². The van der Waals surface area contributed by atoms with Crippen molar-refractivity contribution in [2.75, 3.05) is 7.05 Å². The monoisotopic (exact) mass is 357 g/mol. The molecule has 0 spiro atoms. The van der Waals surface area contributed by atoms with Crippen molar-refractivity contribution in [2.45, 2.75) is 12.6 Å². The maximum Gasteiger partial charge on any atom is 0.274 e. The first-order valence-electron chi connectivity index (χ1n) is 7.66. The number of aliphatic hydroxyl groups excluding tert-OH is 1. The Bertz CT molecular complexity index is 983. The van der Waals surface area contributed by atoms with Crippen LogP contribution in [0.2, 0.25) is 5.02 Å². The van der Waals surface area contributed by atoms with E-state index in [9.17, 15) is 14.7 Å². The van der Waals surface area contributed by atoms with Crippen LogP contribution in [0, 0.1) is 0 Å². The van der Waals surface area contributed by atoms with Crippen molar-refractivity contribution in [3.63, 3.8) is 0 Å². The summed E-state index contributed by atoms with van der Waals surface area (Å²) in [5, 5.41) is 18.5. The van der Waals surface area contributed by atoms with Crippen molar-refractivity contribution in [3.8, 4) is 0 Å². The van der Waals surface area contributed by atoms with Gasteiger partial charge in [-0.3, -0.25) is 9.59 Å². The fraction of sp³-hybridized carbons (Fsp3) is 0.167. The average Bonchev–Trinajstić information content (AvgIpc) is 2.64. The van der Waals surface area contributed by atoms with Crippen LogP contribution in [0.1, 0.15) is 22.2 Å². The van der Waals surface area contributed by atoms with E-state index in [0.717, 1.165) is 4.68 Å². The van der Waals surface area contributed by atoms with Gasteiger partial charge in [0.1, 0.15) is 0 Å². The first-order valence-corrected chi connectivity index (χ1v) is 8.04. The lowest BCUT2D eigenvalue weighted by Gasteiger charge is -2.14. The highest BCUT2D eigenvalue weighted by Crippen LogP contribution is 2.18. The van der Waals surface area contributed by atoms with Crippen LogP contribution in [0.3, 0.4) is 0 Å². The third-order valence-corrected chi connectivity index (χ3v) is 4.16. The van der Waals surface area contributed by atoms with Gasteiger partial charge in [-0.15, -0.1) is 0 Å². The van der Waals surface area contributed by atoms with Crippen LogP contribution in [0.5, 0.6) is 0 Å². The maximum absolute atomic E-state index is 12.6. The van der Waals surface area contributed by atoms with Gasteiger partial charge in [0, 0.05) is 17.5 Å². The molecular weight excluding hydrogens is 342 g/mol. The zero-order valence-corrected chi connectivity index (χ0v) is 14.2. The van der Waals surface area contributed by atoms with Gasteiger partial charge in [0.05, 0.1) is 18.0 Å². The highest BCUT2D eigenvalue weighted by Gasteiger charge is 2.17. The van der Waals surface area contributed by atoms with Crippen molar-refractivity contribution >= 4 is 28.3 Å². The number of nitrogens with one attached hydrogen (secondary N) is 1.